The Morgan fingerprint density at radius 3 is 0.667 bits per heavy atom. The molecule has 0 amide bonds. The second-order valence-corrected chi connectivity index (χ2v) is 17.1. The molecular weight excluding hydrogens is 926 g/mol. The summed E-state index contributed by atoms with van der Waals surface area (Å²) in [7, 11) is 0. The molecule has 0 atom stereocenters. The number of nitrogens with zero attached hydrogens (tertiary/aromatic N) is 3. The summed E-state index contributed by atoms with van der Waals surface area (Å²) in [5.41, 5.74) is 15.3. The van der Waals surface area contributed by atoms with Crippen molar-refractivity contribution in [2.45, 2.75) is 34.6 Å². The number of halogens is 4. The molecule has 54 heavy (non-hydrogen) atoms. The van der Waals surface area contributed by atoms with E-state index in [1.165, 1.54) is 27.8 Å². The third-order valence-corrected chi connectivity index (χ3v) is 12.0. The van der Waals surface area contributed by atoms with Gasteiger partial charge in [0.1, 0.15) is 0 Å². The van der Waals surface area contributed by atoms with Gasteiger partial charge in [0, 0.05) is 46.3 Å². The van der Waals surface area contributed by atoms with Gasteiger partial charge in [0.15, 0.2) is 0 Å². The summed E-state index contributed by atoms with van der Waals surface area (Å²) in [6.45, 7) is 10.6. The van der Waals surface area contributed by atoms with Crippen LogP contribution in [0, 0.1) is 34.6 Å². The fourth-order valence-electron chi connectivity index (χ4n) is 6.47. The fourth-order valence-corrected chi connectivity index (χ4v) is 9.17. The van der Waals surface area contributed by atoms with E-state index in [1.807, 2.05) is 0 Å². The third kappa shape index (κ3) is 8.11. The zero-order chi connectivity index (χ0) is 38.1. The summed E-state index contributed by atoms with van der Waals surface area (Å²) in [5, 5.41) is 0. The van der Waals surface area contributed by atoms with Crippen molar-refractivity contribution in [3.05, 3.63) is 191 Å². The van der Waals surface area contributed by atoms with Gasteiger partial charge in [-0.3, -0.25) is 0 Å². The van der Waals surface area contributed by atoms with E-state index in [-0.39, 0.29) is 0 Å². The molecule has 0 saturated carbocycles. The summed E-state index contributed by atoms with van der Waals surface area (Å²) < 4.78 is 3.81. The van der Waals surface area contributed by atoms with Crippen LogP contribution in [0.4, 0.5) is 51.2 Å². The van der Waals surface area contributed by atoms with Crippen molar-refractivity contribution >= 4 is 115 Å². The lowest BCUT2D eigenvalue weighted by Crippen LogP contribution is -2.16. The van der Waals surface area contributed by atoms with Crippen LogP contribution in [0.2, 0.25) is 0 Å². The van der Waals surface area contributed by atoms with E-state index in [9.17, 15) is 0 Å². The van der Waals surface area contributed by atoms with Gasteiger partial charge in [0.25, 0.3) is 0 Å². The molecule has 7 aromatic carbocycles. The number of rotatable bonds is 9. The lowest BCUT2D eigenvalue weighted by Gasteiger charge is -2.33. The lowest BCUT2D eigenvalue weighted by molar-refractivity contribution is 1.21. The maximum absolute atomic E-state index is 4.02. The Morgan fingerprint density at radius 2 is 0.444 bits per heavy atom. The Kier molecular flexibility index (Phi) is 11.5. The van der Waals surface area contributed by atoms with Crippen LogP contribution in [0.15, 0.2) is 163 Å². The van der Waals surface area contributed by atoms with Gasteiger partial charge in [-0.05, 0) is 183 Å². The molecule has 0 unspecified atom stereocenters. The van der Waals surface area contributed by atoms with E-state index in [0.717, 1.165) is 69.1 Å². The number of hydrogen-bond donors (Lipinski definition) is 0. The minimum absolute atomic E-state index is 0.941. The number of benzene rings is 7. The van der Waals surface area contributed by atoms with Crippen LogP contribution in [0.5, 0.6) is 0 Å². The van der Waals surface area contributed by atoms with E-state index >= 15 is 0 Å². The van der Waals surface area contributed by atoms with Crippen molar-refractivity contribution < 1.29 is 0 Å². The maximum Gasteiger partial charge on any atom is 0.0625 e. The highest BCUT2D eigenvalue weighted by Crippen LogP contribution is 2.51. The lowest BCUT2D eigenvalue weighted by atomic mass is 10.1. The first-order valence-corrected chi connectivity index (χ1v) is 20.9. The molecule has 0 heterocycles. The fraction of sp³-hybridized carbons (Fsp3) is 0.106. The van der Waals surface area contributed by atoms with Crippen LogP contribution in [0.3, 0.4) is 0 Å². The van der Waals surface area contributed by atoms with Crippen molar-refractivity contribution in [3.8, 4) is 0 Å². The first kappa shape index (κ1) is 38.1. The first-order valence-electron chi connectivity index (χ1n) is 17.7. The molecule has 0 aliphatic heterocycles. The van der Waals surface area contributed by atoms with Gasteiger partial charge >= 0.3 is 0 Å². The molecule has 0 aliphatic carbocycles. The van der Waals surface area contributed by atoms with Gasteiger partial charge < -0.3 is 14.7 Å². The van der Waals surface area contributed by atoms with E-state index in [1.54, 1.807) is 0 Å². The van der Waals surface area contributed by atoms with E-state index in [0.29, 0.717) is 0 Å². The monoisotopic (exact) mass is 961 g/mol. The molecule has 7 heteroatoms. The van der Waals surface area contributed by atoms with Crippen LogP contribution in [0.1, 0.15) is 27.8 Å². The van der Waals surface area contributed by atoms with Crippen molar-refractivity contribution in [2.75, 3.05) is 14.7 Å². The zero-order valence-electron chi connectivity index (χ0n) is 30.7. The zero-order valence-corrected chi connectivity index (χ0v) is 37.1. The van der Waals surface area contributed by atoms with Crippen molar-refractivity contribution in [2.24, 2.45) is 0 Å². The average Bonchev–Trinajstić information content (AvgIpc) is 3.15. The van der Waals surface area contributed by atoms with Crippen LogP contribution >= 0.6 is 63.7 Å². The Morgan fingerprint density at radius 1 is 0.259 bits per heavy atom. The highest BCUT2D eigenvalue weighted by Gasteiger charge is 2.26. The van der Waals surface area contributed by atoms with Gasteiger partial charge in [-0.2, -0.15) is 0 Å². The summed E-state index contributed by atoms with van der Waals surface area (Å²) >= 11 is 16.0. The highest BCUT2D eigenvalue weighted by atomic mass is 79.9. The third-order valence-electron chi connectivity index (χ3n) is 9.46. The average molecular weight is 965 g/mol. The molecule has 7 aromatic rings. The largest absolute Gasteiger partial charge is 0.309 e. The van der Waals surface area contributed by atoms with Crippen molar-refractivity contribution in [1.29, 1.82) is 0 Å². The van der Waals surface area contributed by atoms with Gasteiger partial charge in [0.05, 0.1) is 22.7 Å². The number of aryl methyl sites for hydroxylation is 5. The molecule has 0 spiro atoms. The SMILES string of the molecule is Cc1ccc(N(c2ccc(C)cc2)c2cc(N(c3ccc(C)cc3)c3cc(N(c4ccc(C)cc4)c4ccc(C)cc4)c(Br)cc3Br)c(Br)cc2Br)cc1. The molecule has 7 rings (SSSR count). The molecule has 0 aliphatic rings. The standard InChI is InChI=1S/C47H39Br4N3/c1-30-6-16-35(17-7-30)52(36-18-8-31(2)9-19-36)44-28-46(42(50)26-40(44)48)54(39-24-14-34(5)15-25-39)47-29-45(41(49)27-43(47)51)53(37-20-10-32(3)11-21-37)38-22-12-33(4)13-23-38/h6-29H,1-5H3. The minimum atomic E-state index is 0.941. The van der Waals surface area contributed by atoms with Gasteiger partial charge in [-0.1, -0.05) is 88.5 Å². The van der Waals surface area contributed by atoms with Gasteiger partial charge in [-0.25, -0.2) is 0 Å². The molecule has 0 N–H and O–H groups in total. The predicted molar refractivity (Wildman–Crippen MR) is 245 cm³/mol. The summed E-state index contributed by atoms with van der Waals surface area (Å²) in [4.78, 5) is 6.94. The van der Waals surface area contributed by atoms with Crippen LogP contribution in [0.25, 0.3) is 0 Å². The van der Waals surface area contributed by atoms with Crippen LogP contribution in [-0.4, -0.2) is 0 Å². The van der Waals surface area contributed by atoms with E-state index in [4.69, 9.17) is 0 Å². The molecule has 0 saturated heterocycles. The van der Waals surface area contributed by atoms with Crippen LogP contribution < -0.4 is 14.7 Å². The van der Waals surface area contributed by atoms with Gasteiger partial charge in [0.2, 0.25) is 0 Å². The quantitative estimate of drug-likeness (QED) is 0.143. The minimum Gasteiger partial charge on any atom is -0.309 e. The highest BCUT2D eigenvalue weighted by molar-refractivity contribution is 9.11. The number of hydrogen-bond acceptors (Lipinski definition) is 3. The topological polar surface area (TPSA) is 9.72 Å². The molecule has 3 nitrogen and oxygen atoms in total. The second kappa shape index (κ2) is 16.3. The molecule has 0 fully saturated rings. The maximum atomic E-state index is 4.02. The van der Waals surface area contributed by atoms with Crippen molar-refractivity contribution in [1.82, 2.24) is 0 Å². The molecule has 0 radical (unpaired) electrons. The molecule has 270 valence electrons. The smallest absolute Gasteiger partial charge is 0.0625 e. The summed E-state index contributed by atoms with van der Waals surface area (Å²) in [6, 6.07) is 52.3. The second-order valence-electron chi connectivity index (χ2n) is 13.7. The summed E-state index contributed by atoms with van der Waals surface area (Å²) in [5.74, 6) is 0. The van der Waals surface area contributed by atoms with E-state index in [2.05, 4.69) is 259 Å². The first-order chi connectivity index (χ1) is 26.0. The molecular formula is C47H39Br4N3. The summed E-state index contributed by atoms with van der Waals surface area (Å²) in [6.07, 6.45) is 0. The molecule has 0 bridgehead atoms. The van der Waals surface area contributed by atoms with Crippen molar-refractivity contribution in [3.63, 3.8) is 0 Å². The predicted octanol–water partition coefficient (Wildman–Crippen LogP) is 16.7. The van der Waals surface area contributed by atoms with Gasteiger partial charge in [-0.15, -0.1) is 0 Å². The van der Waals surface area contributed by atoms with E-state index < -0.39 is 0 Å². The Hall–Kier alpha value is -4.14. The van der Waals surface area contributed by atoms with Crippen LogP contribution in [-0.2, 0) is 0 Å². The Bertz CT molecular complexity index is 2170. The normalized spacial score (nSPS) is 11.1. The molecule has 0 aromatic heterocycles. The number of anilines is 9. The Balaban J connectivity index is 1.47. The Labute approximate surface area is 352 Å².